The van der Waals surface area contributed by atoms with Crippen LogP contribution in [0.4, 0.5) is 0 Å². The molecular weight excluding hydrogens is 214 g/mol. The van der Waals surface area contributed by atoms with Crippen LogP contribution >= 0.6 is 23.7 Å². The fraction of sp³-hybridized carbons (Fsp3) is 0.273. The Balaban J connectivity index is 0.000000750. The fourth-order valence-electron chi connectivity index (χ4n) is 1.88. The highest BCUT2D eigenvalue weighted by atomic mass is 35.5. The van der Waals surface area contributed by atoms with Crippen LogP contribution in [0.1, 0.15) is 11.5 Å². The first-order valence-corrected chi connectivity index (χ1v) is 5.50. The highest BCUT2D eigenvalue weighted by Crippen LogP contribution is 2.30. The lowest BCUT2D eigenvalue weighted by atomic mass is 9.91. The number of hydrogen-bond acceptors (Lipinski definition) is 2. The van der Waals surface area contributed by atoms with Crippen molar-refractivity contribution in [2.45, 2.75) is 5.92 Å². The summed E-state index contributed by atoms with van der Waals surface area (Å²) in [7, 11) is 0. The molecule has 2 heterocycles. The van der Waals surface area contributed by atoms with Gasteiger partial charge in [-0.2, -0.15) is 0 Å². The topological polar surface area (TPSA) is 12.0 Å². The number of thiophene rings is 1. The van der Waals surface area contributed by atoms with Gasteiger partial charge in [0.05, 0.1) is 0 Å². The molecule has 0 unspecified atom stereocenters. The molecule has 0 aliphatic carbocycles. The second-order valence-electron chi connectivity index (χ2n) is 3.53. The van der Waals surface area contributed by atoms with E-state index in [2.05, 4.69) is 35.0 Å². The zero-order chi connectivity index (χ0) is 8.67. The molecule has 74 valence electrons. The van der Waals surface area contributed by atoms with Crippen molar-refractivity contribution in [3.8, 4) is 0 Å². The monoisotopic (exact) mass is 225 g/mol. The molecule has 3 heteroatoms. The molecule has 0 amide bonds. The Morgan fingerprint density at radius 3 is 2.79 bits per heavy atom. The first-order chi connectivity index (χ1) is 6.45. The second-order valence-corrected chi connectivity index (χ2v) is 4.48. The fourth-order valence-corrected chi connectivity index (χ4v) is 2.70. The molecule has 0 atom stereocenters. The summed E-state index contributed by atoms with van der Waals surface area (Å²) < 4.78 is 1.42. The molecule has 3 rings (SSSR count). The molecule has 0 radical (unpaired) electrons. The van der Waals surface area contributed by atoms with E-state index in [-0.39, 0.29) is 12.4 Å². The molecule has 1 fully saturated rings. The third kappa shape index (κ3) is 1.44. The van der Waals surface area contributed by atoms with Gasteiger partial charge in [-0.3, -0.25) is 0 Å². The zero-order valence-electron chi connectivity index (χ0n) is 7.69. The van der Waals surface area contributed by atoms with Crippen LogP contribution in [0.25, 0.3) is 10.1 Å². The molecule has 0 spiro atoms. The number of halogens is 1. The summed E-state index contributed by atoms with van der Waals surface area (Å²) in [6.45, 7) is 2.30. The molecule has 14 heavy (non-hydrogen) atoms. The summed E-state index contributed by atoms with van der Waals surface area (Å²) in [4.78, 5) is 0. The van der Waals surface area contributed by atoms with E-state index in [0.29, 0.717) is 0 Å². The van der Waals surface area contributed by atoms with E-state index in [0.717, 1.165) is 19.0 Å². The van der Waals surface area contributed by atoms with E-state index >= 15 is 0 Å². The molecule has 1 aromatic heterocycles. The van der Waals surface area contributed by atoms with Crippen molar-refractivity contribution in [1.82, 2.24) is 5.32 Å². The van der Waals surface area contributed by atoms with Crippen molar-refractivity contribution >= 4 is 33.8 Å². The molecule has 1 aliphatic heterocycles. The smallest absolute Gasteiger partial charge is 0.0345 e. The second kappa shape index (κ2) is 3.89. The summed E-state index contributed by atoms with van der Waals surface area (Å²) in [5.74, 6) is 0.748. The number of rotatable bonds is 1. The van der Waals surface area contributed by atoms with Gasteiger partial charge in [0, 0.05) is 23.7 Å². The predicted octanol–water partition coefficient (Wildman–Crippen LogP) is 3.01. The van der Waals surface area contributed by atoms with E-state index in [1.807, 2.05) is 11.3 Å². The van der Waals surface area contributed by atoms with Gasteiger partial charge in [-0.1, -0.05) is 12.1 Å². The van der Waals surface area contributed by atoms with E-state index in [4.69, 9.17) is 0 Å². The van der Waals surface area contributed by atoms with Crippen molar-refractivity contribution in [3.63, 3.8) is 0 Å². The van der Waals surface area contributed by atoms with Gasteiger partial charge >= 0.3 is 0 Å². The molecular formula is C11H12ClNS. The Morgan fingerprint density at radius 2 is 2.07 bits per heavy atom. The molecule has 1 saturated heterocycles. The van der Waals surface area contributed by atoms with Crippen LogP contribution in [0.15, 0.2) is 29.6 Å². The van der Waals surface area contributed by atoms with Gasteiger partial charge in [0.2, 0.25) is 0 Å². The highest BCUT2D eigenvalue weighted by Gasteiger charge is 2.20. The van der Waals surface area contributed by atoms with Crippen LogP contribution in [-0.4, -0.2) is 13.1 Å². The summed E-state index contributed by atoms with van der Waals surface area (Å²) in [5, 5.41) is 6.96. The average Bonchev–Trinajstić information content (AvgIpc) is 2.49. The van der Waals surface area contributed by atoms with E-state index in [1.54, 1.807) is 0 Å². The summed E-state index contributed by atoms with van der Waals surface area (Å²) in [6, 6.07) is 8.89. The molecule has 1 aromatic carbocycles. The molecule has 1 aliphatic rings. The van der Waals surface area contributed by atoms with Gasteiger partial charge in [0.25, 0.3) is 0 Å². The largest absolute Gasteiger partial charge is 0.315 e. The van der Waals surface area contributed by atoms with Crippen molar-refractivity contribution < 1.29 is 0 Å². The van der Waals surface area contributed by atoms with Crippen LogP contribution in [0, 0.1) is 0 Å². The Kier molecular flexibility index (Phi) is 2.77. The minimum atomic E-state index is 0. The lowest BCUT2D eigenvalue weighted by molar-refractivity contribution is 0.451. The molecule has 0 saturated carbocycles. The van der Waals surface area contributed by atoms with Crippen molar-refractivity contribution in [1.29, 1.82) is 0 Å². The number of hydrogen-bond donors (Lipinski definition) is 1. The van der Waals surface area contributed by atoms with Crippen molar-refractivity contribution in [2.75, 3.05) is 13.1 Å². The van der Waals surface area contributed by atoms with Crippen molar-refractivity contribution in [2.24, 2.45) is 0 Å². The van der Waals surface area contributed by atoms with Crippen LogP contribution in [0.5, 0.6) is 0 Å². The van der Waals surface area contributed by atoms with Gasteiger partial charge < -0.3 is 5.32 Å². The SMILES string of the molecule is Cl.c1cc(C2CNC2)c2ccsc2c1. The Morgan fingerprint density at radius 1 is 1.21 bits per heavy atom. The molecule has 2 aromatic rings. The van der Waals surface area contributed by atoms with E-state index in [9.17, 15) is 0 Å². The lowest BCUT2D eigenvalue weighted by Gasteiger charge is -2.28. The normalized spacial score (nSPS) is 16.3. The maximum Gasteiger partial charge on any atom is 0.0345 e. The van der Waals surface area contributed by atoms with Gasteiger partial charge in [0.1, 0.15) is 0 Å². The first-order valence-electron chi connectivity index (χ1n) is 4.62. The third-order valence-corrected chi connectivity index (χ3v) is 3.63. The average molecular weight is 226 g/mol. The van der Waals surface area contributed by atoms with Crippen molar-refractivity contribution in [3.05, 3.63) is 35.2 Å². The van der Waals surface area contributed by atoms with E-state index in [1.165, 1.54) is 15.6 Å². The first kappa shape index (κ1) is 9.97. The molecule has 0 bridgehead atoms. The molecule has 1 nitrogen and oxygen atoms in total. The molecule has 1 N–H and O–H groups in total. The summed E-state index contributed by atoms with van der Waals surface area (Å²) in [5.41, 5.74) is 1.53. The quantitative estimate of drug-likeness (QED) is 0.787. The van der Waals surface area contributed by atoms with Crippen LogP contribution in [-0.2, 0) is 0 Å². The minimum Gasteiger partial charge on any atom is -0.315 e. The van der Waals surface area contributed by atoms with Gasteiger partial charge in [0.15, 0.2) is 0 Å². The summed E-state index contributed by atoms with van der Waals surface area (Å²) in [6.07, 6.45) is 0. The zero-order valence-corrected chi connectivity index (χ0v) is 9.33. The maximum absolute atomic E-state index is 3.32. The van der Waals surface area contributed by atoms with E-state index < -0.39 is 0 Å². The number of benzene rings is 1. The third-order valence-electron chi connectivity index (χ3n) is 2.75. The Labute approximate surface area is 93.5 Å². The number of fused-ring (bicyclic) bond motifs is 1. The highest BCUT2D eigenvalue weighted by molar-refractivity contribution is 7.17. The van der Waals surface area contributed by atoms with Crippen LogP contribution in [0.3, 0.4) is 0 Å². The minimum absolute atomic E-state index is 0. The van der Waals surface area contributed by atoms with Gasteiger partial charge in [-0.25, -0.2) is 0 Å². The lowest BCUT2D eigenvalue weighted by Crippen LogP contribution is -2.39. The predicted molar refractivity (Wildman–Crippen MR) is 64.7 cm³/mol. The Bertz CT molecular complexity index is 434. The standard InChI is InChI=1S/C11H11NS.ClH/c1-2-9(8-6-12-7-8)10-4-5-13-11(10)3-1;/h1-5,8,12H,6-7H2;1H. The maximum atomic E-state index is 3.32. The van der Waals surface area contributed by atoms with Gasteiger partial charge in [-0.05, 0) is 28.5 Å². The Hall–Kier alpha value is -0.570. The van der Waals surface area contributed by atoms with Crippen LogP contribution in [0.2, 0.25) is 0 Å². The number of nitrogens with one attached hydrogen (secondary N) is 1. The van der Waals surface area contributed by atoms with Crippen LogP contribution < -0.4 is 5.32 Å². The summed E-state index contributed by atoms with van der Waals surface area (Å²) >= 11 is 1.83. The van der Waals surface area contributed by atoms with Gasteiger partial charge in [-0.15, -0.1) is 23.7 Å².